The van der Waals surface area contributed by atoms with Gasteiger partial charge >= 0.3 is 5.97 Å². The van der Waals surface area contributed by atoms with Gasteiger partial charge in [0.1, 0.15) is 0 Å². The van der Waals surface area contributed by atoms with Gasteiger partial charge in [-0.25, -0.2) is 4.79 Å². The molecular formula is C17H28N2O2. The molecule has 1 unspecified atom stereocenters. The lowest BCUT2D eigenvalue weighted by Gasteiger charge is -2.47. The van der Waals surface area contributed by atoms with Gasteiger partial charge in [-0.2, -0.15) is 0 Å². The SMILES string of the molecule is O=C(O)C1N(C2CCCCC2)C=CCN1C1CCCCC1. The van der Waals surface area contributed by atoms with Crippen LogP contribution in [0.4, 0.5) is 0 Å². The standard InChI is InChI=1S/C17H28N2O2/c20-17(21)16-18(14-8-3-1-4-9-14)12-7-13-19(16)15-10-5-2-6-11-15/h7,12,14-16H,1-6,8-11,13H2,(H,20,21). The lowest BCUT2D eigenvalue weighted by Crippen LogP contribution is -2.60. The Labute approximate surface area is 127 Å². The highest BCUT2D eigenvalue weighted by molar-refractivity contribution is 5.73. The first-order chi connectivity index (χ1) is 10.3. The van der Waals surface area contributed by atoms with Gasteiger partial charge < -0.3 is 10.0 Å². The quantitative estimate of drug-likeness (QED) is 0.867. The summed E-state index contributed by atoms with van der Waals surface area (Å²) in [6.45, 7) is 0.796. The molecule has 2 fully saturated rings. The number of carboxylic acid groups (broad SMARTS) is 1. The van der Waals surface area contributed by atoms with Crippen LogP contribution in [0.2, 0.25) is 0 Å². The van der Waals surface area contributed by atoms with Crippen molar-refractivity contribution in [2.45, 2.75) is 82.5 Å². The van der Waals surface area contributed by atoms with Crippen molar-refractivity contribution in [1.82, 2.24) is 9.80 Å². The Kier molecular flexibility index (Phi) is 4.84. The molecule has 1 atom stereocenters. The van der Waals surface area contributed by atoms with Crippen LogP contribution in [0, 0.1) is 0 Å². The van der Waals surface area contributed by atoms with Crippen LogP contribution in [0.3, 0.4) is 0 Å². The fourth-order valence-corrected chi connectivity index (χ4v) is 4.37. The van der Waals surface area contributed by atoms with Gasteiger partial charge in [-0.3, -0.25) is 4.90 Å². The monoisotopic (exact) mass is 292 g/mol. The molecule has 0 radical (unpaired) electrons. The Morgan fingerprint density at radius 3 is 2.05 bits per heavy atom. The van der Waals surface area contributed by atoms with Crippen LogP contribution in [0.5, 0.6) is 0 Å². The highest BCUT2D eigenvalue weighted by Crippen LogP contribution is 2.31. The second-order valence-electron chi connectivity index (χ2n) is 6.82. The minimum Gasteiger partial charge on any atom is -0.479 e. The van der Waals surface area contributed by atoms with Gasteiger partial charge in [0, 0.05) is 18.6 Å². The number of carbonyl (C=O) groups is 1. The van der Waals surface area contributed by atoms with Crippen molar-refractivity contribution in [3.8, 4) is 0 Å². The van der Waals surface area contributed by atoms with E-state index in [1.54, 1.807) is 0 Å². The molecule has 0 amide bonds. The molecule has 1 aliphatic heterocycles. The normalized spacial score (nSPS) is 29.7. The van der Waals surface area contributed by atoms with Crippen molar-refractivity contribution in [2.75, 3.05) is 6.54 Å². The molecule has 0 bridgehead atoms. The maximum Gasteiger partial charge on any atom is 0.341 e. The summed E-state index contributed by atoms with van der Waals surface area (Å²) in [5.41, 5.74) is 0. The van der Waals surface area contributed by atoms with Crippen molar-refractivity contribution in [3.63, 3.8) is 0 Å². The summed E-state index contributed by atoms with van der Waals surface area (Å²) in [6, 6.07) is 0.874. The average Bonchev–Trinajstić information content (AvgIpc) is 2.55. The van der Waals surface area contributed by atoms with Crippen molar-refractivity contribution in [2.24, 2.45) is 0 Å². The lowest BCUT2D eigenvalue weighted by molar-refractivity contribution is -0.154. The number of carboxylic acids is 1. The largest absolute Gasteiger partial charge is 0.479 e. The molecule has 0 aromatic heterocycles. The highest BCUT2D eigenvalue weighted by Gasteiger charge is 2.39. The Morgan fingerprint density at radius 2 is 1.48 bits per heavy atom. The van der Waals surface area contributed by atoms with Gasteiger partial charge in [0.25, 0.3) is 0 Å². The smallest absolute Gasteiger partial charge is 0.341 e. The van der Waals surface area contributed by atoms with Crippen LogP contribution in [-0.4, -0.2) is 45.7 Å². The van der Waals surface area contributed by atoms with E-state index in [0.29, 0.717) is 12.1 Å². The van der Waals surface area contributed by atoms with Crippen molar-refractivity contribution >= 4 is 5.97 Å². The van der Waals surface area contributed by atoms with Gasteiger partial charge in [-0.05, 0) is 31.9 Å². The first-order valence-electron chi connectivity index (χ1n) is 8.70. The summed E-state index contributed by atoms with van der Waals surface area (Å²) in [5, 5.41) is 9.82. The Balaban J connectivity index is 1.77. The molecule has 2 aliphatic carbocycles. The summed E-state index contributed by atoms with van der Waals surface area (Å²) in [5.74, 6) is -0.671. The average molecular weight is 292 g/mol. The third-order valence-electron chi connectivity index (χ3n) is 5.45. The van der Waals surface area contributed by atoms with Gasteiger partial charge in [-0.15, -0.1) is 0 Å². The molecule has 118 valence electrons. The zero-order valence-corrected chi connectivity index (χ0v) is 12.9. The molecule has 21 heavy (non-hydrogen) atoms. The highest BCUT2D eigenvalue weighted by atomic mass is 16.4. The lowest BCUT2D eigenvalue weighted by atomic mass is 9.91. The van der Waals surface area contributed by atoms with Gasteiger partial charge in [0.15, 0.2) is 6.17 Å². The van der Waals surface area contributed by atoms with E-state index in [2.05, 4.69) is 22.1 Å². The third kappa shape index (κ3) is 3.25. The molecule has 2 saturated carbocycles. The molecule has 1 N–H and O–H groups in total. The molecule has 0 aromatic carbocycles. The zero-order valence-electron chi connectivity index (χ0n) is 12.9. The van der Waals surface area contributed by atoms with Crippen LogP contribution in [-0.2, 0) is 4.79 Å². The van der Waals surface area contributed by atoms with Crippen LogP contribution in [0.1, 0.15) is 64.2 Å². The van der Waals surface area contributed by atoms with Crippen LogP contribution >= 0.6 is 0 Å². The number of nitrogens with zero attached hydrogens (tertiary/aromatic N) is 2. The first-order valence-corrected chi connectivity index (χ1v) is 8.70. The minimum atomic E-state index is -0.671. The summed E-state index contributed by atoms with van der Waals surface area (Å²) >= 11 is 0. The molecule has 1 heterocycles. The summed E-state index contributed by atoms with van der Waals surface area (Å²) in [7, 11) is 0. The van der Waals surface area contributed by atoms with Gasteiger partial charge in [0.2, 0.25) is 0 Å². The van der Waals surface area contributed by atoms with Crippen LogP contribution in [0.25, 0.3) is 0 Å². The van der Waals surface area contributed by atoms with Gasteiger partial charge in [-0.1, -0.05) is 44.6 Å². The van der Waals surface area contributed by atoms with E-state index in [0.717, 1.165) is 32.2 Å². The maximum atomic E-state index is 11.9. The Bertz CT molecular complexity index is 384. The molecule has 0 aromatic rings. The summed E-state index contributed by atoms with van der Waals surface area (Å²) in [6.07, 6.45) is 16.0. The Morgan fingerprint density at radius 1 is 0.905 bits per heavy atom. The molecule has 3 aliphatic rings. The topological polar surface area (TPSA) is 43.8 Å². The van der Waals surface area contributed by atoms with E-state index in [-0.39, 0.29) is 0 Å². The van der Waals surface area contributed by atoms with E-state index >= 15 is 0 Å². The van der Waals surface area contributed by atoms with Crippen molar-refractivity contribution in [1.29, 1.82) is 0 Å². The first kappa shape index (κ1) is 14.9. The molecular weight excluding hydrogens is 264 g/mol. The number of rotatable bonds is 3. The predicted octanol–water partition coefficient (Wildman–Crippen LogP) is 3.19. The van der Waals surface area contributed by atoms with E-state index in [1.807, 2.05) is 0 Å². The Hall–Kier alpha value is -1.03. The van der Waals surface area contributed by atoms with E-state index in [1.165, 1.54) is 38.5 Å². The van der Waals surface area contributed by atoms with E-state index in [9.17, 15) is 9.90 Å². The number of aliphatic carboxylic acids is 1. The predicted molar refractivity (Wildman–Crippen MR) is 82.9 cm³/mol. The summed E-state index contributed by atoms with van der Waals surface area (Å²) in [4.78, 5) is 16.3. The molecule has 3 rings (SSSR count). The fourth-order valence-electron chi connectivity index (χ4n) is 4.37. The van der Waals surface area contributed by atoms with Crippen molar-refractivity contribution in [3.05, 3.63) is 12.3 Å². The van der Waals surface area contributed by atoms with Crippen LogP contribution < -0.4 is 0 Å². The van der Waals surface area contributed by atoms with Crippen LogP contribution in [0.15, 0.2) is 12.3 Å². The molecule has 0 saturated heterocycles. The van der Waals surface area contributed by atoms with Crippen molar-refractivity contribution < 1.29 is 9.90 Å². The maximum absolute atomic E-state index is 11.9. The number of hydrogen-bond donors (Lipinski definition) is 1. The molecule has 4 nitrogen and oxygen atoms in total. The third-order valence-corrected chi connectivity index (χ3v) is 5.45. The second-order valence-corrected chi connectivity index (χ2v) is 6.82. The van der Waals surface area contributed by atoms with E-state index < -0.39 is 12.1 Å². The minimum absolute atomic E-state index is 0.419. The molecule has 4 heteroatoms. The van der Waals surface area contributed by atoms with E-state index in [4.69, 9.17) is 0 Å². The fraction of sp³-hybridized carbons (Fsp3) is 0.824. The zero-order chi connectivity index (χ0) is 14.7. The summed E-state index contributed by atoms with van der Waals surface area (Å²) < 4.78 is 0. The number of hydrogen-bond acceptors (Lipinski definition) is 3. The van der Waals surface area contributed by atoms with Gasteiger partial charge in [0.05, 0.1) is 0 Å². The second kappa shape index (κ2) is 6.82. The molecule has 0 spiro atoms.